The van der Waals surface area contributed by atoms with Gasteiger partial charge < -0.3 is 14.6 Å². The third-order valence-corrected chi connectivity index (χ3v) is 2.34. The summed E-state index contributed by atoms with van der Waals surface area (Å²) in [7, 11) is 2.52. The molecule has 0 spiro atoms. The number of allylic oxidation sites excluding steroid dienone is 1. The number of methoxy groups -OCH3 is 2. The maximum Gasteiger partial charge on any atom is 0.328 e. The zero-order valence-electron chi connectivity index (χ0n) is 10.7. The van der Waals surface area contributed by atoms with Gasteiger partial charge in [0.25, 0.3) is 0 Å². The number of carbonyl (C=O) groups is 2. The minimum absolute atomic E-state index is 0.0486. The van der Waals surface area contributed by atoms with Gasteiger partial charge >= 0.3 is 11.7 Å². The molecule has 8 nitrogen and oxygen atoms in total. The molecule has 1 N–H and O–H groups in total. The minimum atomic E-state index is -1.31. The van der Waals surface area contributed by atoms with Crippen molar-refractivity contribution in [3.63, 3.8) is 0 Å². The Morgan fingerprint density at radius 3 is 2.25 bits per heavy atom. The highest BCUT2D eigenvalue weighted by molar-refractivity contribution is 6.09. The Balaban J connectivity index is 3.37. The topological polar surface area (TPSA) is 116 Å². The molecule has 0 amide bonds. The lowest BCUT2D eigenvalue weighted by atomic mass is 10.1. The second kappa shape index (κ2) is 6.32. The Morgan fingerprint density at radius 2 is 1.80 bits per heavy atom. The first-order chi connectivity index (χ1) is 9.40. The number of nitro groups is 1. The van der Waals surface area contributed by atoms with Crippen LogP contribution < -0.4 is 9.47 Å². The van der Waals surface area contributed by atoms with Gasteiger partial charge in [-0.1, -0.05) is 0 Å². The standard InChI is InChI=1S/C12H11NO7/c1-19-10-6-11(20-2)8(13(17)18)5-7(10)9(14)3-4-12(15)16/h3-6H,1-2H3,(H,15,16)/b4-3+. The number of nitro benzene ring substituents is 1. The number of carbonyl (C=O) groups excluding carboxylic acids is 1. The molecule has 0 aliphatic rings. The molecule has 1 rings (SSSR count). The number of rotatable bonds is 6. The fraction of sp³-hybridized carbons (Fsp3) is 0.167. The monoisotopic (exact) mass is 281 g/mol. The number of ketones is 1. The highest BCUT2D eigenvalue weighted by Gasteiger charge is 2.22. The third kappa shape index (κ3) is 3.31. The van der Waals surface area contributed by atoms with Crippen molar-refractivity contribution in [3.05, 3.63) is 40.0 Å². The predicted molar refractivity (Wildman–Crippen MR) is 67.3 cm³/mol. The molecule has 0 saturated heterocycles. The van der Waals surface area contributed by atoms with Crippen LogP contribution in [0.1, 0.15) is 10.4 Å². The number of nitrogens with zero attached hydrogens (tertiary/aromatic N) is 1. The molecule has 0 fully saturated rings. The van der Waals surface area contributed by atoms with Crippen molar-refractivity contribution >= 4 is 17.4 Å². The first kappa shape index (κ1) is 15.2. The largest absolute Gasteiger partial charge is 0.496 e. The van der Waals surface area contributed by atoms with Crippen molar-refractivity contribution in [2.24, 2.45) is 0 Å². The zero-order chi connectivity index (χ0) is 15.3. The van der Waals surface area contributed by atoms with E-state index in [1.165, 1.54) is 20.3 Å². The number of aliphatic carboxylic acids is 1. The maximum atomic E-state index is 11.8. The number of ether oxygens (including phenoxy) is 2. The molecule has 106 valence electrons. The van der Waals surface area contributed by atoms with Crippen LogP contribution in [0.3, 0.4) is 0 Å². The van der Waals surface area contributed by atoms with Crippen LogP contribution in [0.4, 0.5) is 5.69 Å². The number of carboxylic acids is 1. The Kier molecular flexibility index (Phi) is 4.79. The molecule has 0 saturated carbocycles. The third-order valence-electron chi connectivity index (χ3n) is 2.34. The Labute approximate surface area is 113 Å². The molecule has 20 heavy (non-hydrogen) atoms. The van der Waals surface area contributed by atoms with Gasteiger partial charge in [-0.15, -0.1) is 0 Å². The molecule has 0 atom stereocenters. The summed E-state index contributed by atoms with van der Waals surface area (Å²) in [4.78, 5) is 32.3. The van der Waals surface area contributed by atoms with Crippen molar-refractivity contribution in [3.8, 4) is 11.5 Å². The molecule has 0 radical (unpaired) electrons. The molecule has 0 unspecified atom stereocenters. The molecule has 0 aliphatic carbocycles. The van der Waals surface area contributed by atoms with Crippen LogP contribution in [0.15, 0.2) is 24.3 Å². The lowest BCUT2D eigenvalue weighted by Gasteiger charge is -2.08. The summed E-state index contributed by atoms with van der Waals surface area (Å²) in [6, 6.07) is 2.17. The minimum Gasteiger partial charge on any atom is -0.496 e. The van der Waals surface area contributed by atoms with Crippen molar-refractivity contribution < 1.29 is 29.1 Å². The second-order valence-corrected chi connectivity index (χ2v) is 3.52. The molecular weight excluding hydrogens is 270 g/mol. The van der Waals surface area contributed by atoms with E-state index in [0.29, 0.717) is 6.08 Å². The van der Waals surface area contributed by atoms with Crippen molar-refractivity contribution in [1.82, 2.24) is 0 Å². The van der Waals surface area contributed by atoms with Crippen LogP contribution in [0.5, 0.6) is 11.5 Å². The van der Waals surface area contributed by atoms with Gasteiger partial charge in [0.15, 0.2) is 5.78 Å². The summed E-state index contributed by atoms with van der Waals surface area (Å²) in [6.45, 7) is 0. The van der Waals surface area contributed by atoms with E-state index in [1.54, 1.807) is 0 Å². The summed E-state index contributed by atoms with van der Waals surface area (Å²) in [5.74, 6) is -2.05. The first-order valence-electron chi connectivity index (χ1n) is 5.26. The fourth-order valence-electron chi connectivity index (χ4n) is 1.45. The number of hydrogen-bond acceptors (Lipinski definition) is 6. The molecule has 0 heterocycles. The molecule has 0 aliphatic heterocycles. The predicted octanol–water partition coefficient (Wildman–Crippen LogP) is 1.44. The van der Waals surface area contributed by atoms with E-state index in [-0.39, 0.29) is 17.1 Å². The Bertz CT molecular complexity index is 592. The van der Waals surface area contributed by atoms with Gasteiger partial charge in [0.05, 0.1) is 24.7 Å². The van der Waals surface area contributed by atoms with E-state index >= 15 is 0 Å². The van der Waals surface area contributed by atoms with Crippen LogP contribution in [-0.4, -0.2) is 36.0 Å². The summed E-state index contributed by atoms with van der Waals surface area (Å²) in [5.41, 5.74) is -0.544. The number of carboxylic acid groups (broad SMARTS) is 1. The molecule has 1 aromatic carbocycles. The van der Waals surface area contributed by atoms with Gasteiger partial charge in [-0.05, 0) is 6.08 Å². The van der Waals surface area contributed by atoms with Gasteiger partial charge in [0.2, 0.25) is 5.75 Å². The zero-order valence-corrected chi connectivity index (χ0v) is 10.7. The molecule has 0 aromatic heterocycles. The first-order valence-corrected chi connectivity index (χ1v) is 5.26. The van der Waals surface area contributed by atoms with Gasteiger partial charge in [0.1, 0.15) is 5.75 Å². The lowest BCUT2D eigenvalue weighted by molar-refractivity contribution is -0.385. The maximum absolute atomic E-state index is 11.8. The summed E-state index contributed by atoms with van der Waals surface area (Å²) in [5, 5.41) is 19.3. The lowest BCUT2D eigenvalue weighted by Crippen LogP contribution is -2.03. The van der Waals surface area contributed by atoms with E-state index in [2.05, 4.69) is 0 Å². The van der Waals surface area contributed by atoms with Crippen LogP contribution in [0, 0.1) is 10.1 Å². The highest BCUT2D eigenvalue weighted by Crippen LogP contribution is 2.34. The summed E-state index contributed by atoms with van der Waals surface area (Å²) >= 11 is 0. The number of hydrogen-bond donors (Lipinski definition) is 1. The highest BCUT2D eigenvalue weighted by atomic mass is 16.6. The van der Waals surface area contributed by atoms with Crippen molar-refractivity contribution in [2.45, 2.75) is 0 Å². The summed E-state index contributed by atoms with van der Waals surface area (Å²) < 4.78 is 9.78. The van der Waals surface area contributed by atoms with Crippen LogP contribution in [-0.2, 0) is 4.79 Å². The second-order valence-electron chi connectivity index (χ2n) is 3.52. The van der Waals surface area contributed by atoms with E-state index in [9.17, 15) is 19.7 Å². The van der Waals surface area contributed by atoms with Gasteiger partial charge in [-0.25, -0.2) is 4.79 Å². The van der Waals surface area contributed by atoms with Gasteiger partial charge in [0, 0.05) is 18.2 Å². The average Bonchev–Trinajstić information content (AvgIpc) is 2.42. The van der Waals surface area contributed by atoms with Crippen LogP contribution in [0.25, 0.3) is 0 Å². The molecule has 0 bridgehead atoms. The fourth-order valence-corrected chi connectivity index (χ4v) is 1.45. The van der Waals surface area contributed by atoms with E-state index in [4.69, 9.17) is 14.6 Å². The average molecular weight is 281 g/mol. The van der Waals surface area contributed by atoms with E-state index in [0.717, 1.165) is 12.1 Å². The van der Waals surface area contributed by atoms with Crippen LogP contribution >= 0.6 is 0 Å². The van der Waals surface area contributed by atoms with Crippen LogP contribution in [0.2, 0.25) is 0 Å². The quantitative estimate of drug-likeness (QED) is 0.363. The Morgan fingerprint density at radius 1 is 1.20 bits per heavy atom. The van der Waals surface area contributed by atoms with Gasteiger partial charge in [-0.2, -0.15) is 0 Å². The SMILES string of the molecule is COc1cc(OC)c([N+](=O)[O-])cc1C(=O)/C=C/C(=O)O. The Hall–Kier alpha value is -2.90. The van der Waals surface area contributed by atoms with Gasteiger partial charge in [-0.3, -0.25) is 14.9 Å². The van der Waals surface area contributed by atoms with Crippen molar-refractivity contribution in [2.75, 3.05) is 14.2 Å². The smallest absolute Gasteiger partial charge is 0.328 e. The molecular formula is C12H11NO7. The normalized spacial score (nSPS) is 10.3. The number of benzene rings is 1. The van der Waals surface area contributed by atoms with Crippen molar-refractivity contribution in [1.29, 1.82) is 0 Å². The molecule has 1 aromatic rings. The molecule has 8 heteroatoms. The van der Waals surface area contributed by atoms with E-state index in [1.807, 2.05) is 0 Å². The van der Waals surface area contributed by atoms with E-state index < -0.39 is 22.4 Å². The summed E-state index contributed by atoms with van der Waals surface area (Å²) in [6.07, 6.45) is 1.42.